The molecular weight excluding hydrogens is 312 g/mol. The zero-order chi connectivity index (χ0) is 16.3. The van der Waals surface area contributed by atoms with E-state index < -0.39 is 16.0 Å². The van der Waals surface area contributed by atoms with Crippen LogP contribution in [0.1, 0.15) is 17.4 Å². The molecule has 1 aromatic rings. The maximum absolute atomic E-state index is 12.1. The number of carboxylic acid groups (broad SMARTS) is 1. The van der Waals surface area contributed by atoms with Crippen LogP contribution in [0.4, 0.5) is 0 Å². The summed E-state index contributed by atoms with van der Waals surface area (Å²) in [5.74, 6) is -1.31. The molecular formula is C12H18N4O5S. The predicted molar refractivity (Wildman–Crippen MR) is 76.8 cm³/mol. The normalized spacial score (nSPS) is 16.7. The summed E-state index contributed by atoms with van der Waals surface area (Å²) in [6, 6.07) is 1.32. The maximum atomic E-state index is 12.1. The van der Waals surface area contributed by atoms with Crippen LogP contribution in [0, 0.1) is 0 Å². The molecule has 0 aliphatic carbocycles. The van der Waals surface area contributed by atoms with E-state index in [1.165, 1.54) is 21.3 Å². The zero-order valence-corrected chi connectivity index (χ0v) is 13.0. The molecule has 2 rings (SSSR count). The summed E-state index contributed by atoms with van der Waals surface area (Å²) >= 11 is 0. The summed E-state index contributed by atoms with van der Waals surface area (Å²) in [7, 11) is -3.22. The second-order valence-electron chi connectivity index (χ2n) is 4.88. The fourth-order valence-corrected chi connectivity index (χ4v) is 3.29. The van der Waals surface area contributed by atoms with Gasteiger partial charge in [0.25, 0.3) is 0 Å². The smallest absolute Gasteiger partial charge is 0.356 e. The molecule has 1 fully saturated rings. The van der Waals surface area contributed by atoms with Gasteiger partial charge in [-0.15, -0.1) is 0 Å². The average molecular weight is 330 g/mol. The minimum absolute atomic E-state index is 0.0478. The Hall–Kier alpha value is -1.94. The largest absolute Gasteiger partial charge is 0.476 e. The third kappa shape index (κ3) is 3.63. The number of aromatic nitrogens is 2. The van der Waals surface area contributed by atoms with Gasteiger partial charge in [0.05, 0.1) is 5.75 Å². The van der Waals surface area contributed by atoms with Crippen LogP contribution >= 0.6 is 0 Å². The van der Waals surface area contributed by atoms with Crippen molar-refractivity contribution < 1.29 is 23.1 Å². The van der Waals surface area contributed by atoms with Crippen molar-refractivity contribution in [1.82, 2.24) is 19.0 Å². The minimum Gasteiger partial charge on any atom is -0.476 e. The summed E-state index contributed by atoms with van der Waals surface area (Å²) in [5, 5.41) is 12.6. The molecule has 0 aromatic carbocycles. The molecule has 1 aromatic heterocycles. The van der Waals surface area contributed by atoms with E-state index in [1.54, 1.807) is 11.8 Å². The van der Waals surface area contributed by atoms with Gasteiger partial charge in [-0.3, -0.25) is 9.48 Å². The van der Waals surface area contributed by atoms with Gasteiger partial charge in [-0.1, -0.05) is 0 Å². The second kappa shape index (κ2) is 6.44. The first-order valence-electron chi connectivity index (χ1n) is 6.86. The van der Waals surface area contributed by atoms with Crippen LogP contribution in [0.3, 0.4) is 0 Å². The summed E-state index contributed by atoms with van der Waals surface area (Å²) in [6.07, 6.45) is 1.43. The molecule has 0 spiro atoms. The van der Waals surface area contributed by atoms with Crippen molar-refractivity contribution in [1.29, 1.82) is 0 Å². The standard InChI is InChI=1S/C12H18N4O5S/c1-2-22(20,21)16-7-5-14(6-8-16)11(17)9-15-4-3-10(13-15)12(18)19/h3-4H,2,5-9H2,1H3,(H,18,19). The van der Waals surface area contributed by atoms with E-state index in [4.69, 9.17) is 5.11 Å². The van der Waals surface area contributed by atoms with E-state index in [9.17, 15) is 18.0 Å². The molecule has 0 unspecified atom stereocenters. The Kier molecular flexibility index (Phi) is 4.81. The molecule has 10 heteroatoms. The van der Waals surface area contributed by atoms with Gasteiger partial charge in [-0.05, 0) is 13.0 Å². The van der Waals surface area contributed by atoms with Crippen molar-refractivity contribution in [3.05, 3.63) is 18.0 Å². The Morgan fingerprint density at radius 2 is 1.91 bits per heavy atom. The highest BCUT2D eigenvalue weighted by molar-refractivity contribution is 7.89. The molecule has 1 amide bonds. The first-order valence-corrected chi connectivity index (χ1v) is 8.46. The lowest BCUT2D eigenvalue weighted by atomic mass is 10.3. The number of carbonyl (C=O) groups is 2. The second-order valence-corrected chi connectivity index (χ2v) is 7.14. The van der Waals surface area contributed by atoms with Gasteiger partial charge >= 0.3 is 5.97 Å². The number of hydrogen-bond donors (Lipinski definition) is 1. The van der Waals surface area contributed by atoms with E-state index in [1.807, 2.05) is 0 Å². The average Bonchev–Trinajstić information content (AvgIpc) is 2.96. The van der Waals surface area contributed by atoms with Crippen molar-refractivity contribution in [3.8, 4) is 0 Å². The Bertz CT molecular complexity index is 661. The van der Waals surface area contributed by atoms with Crippen molar-refractivity contribution >= 4 is 21.9 Å². The van der Waals surface area contributed by atoms with E-state index in [-0.39, 0.29) is 37.0 Å². The summed E-state index contributed by atoms with van der Waals surface area (Å²) in [5.41, 5.74) is -0.119. The lowest BCUT2D eigenvalue weighted by molar-refractivity contribution is -0.133. The van der Waals surface area contributed by atoms with E-state index >= 15 is 0 Å². The van der Waals surface area contributed by atoms with Crippen LogP contribution in [0.25, 0.3) is 0 Å². The molecule has 1 aliphatic heterocycles. The number of amides is 1. The molecule has 0 saturated carbocycles. The van der Waals surface area contributed by atoms with Crippen LogP contribution in [-0.4, -0.2) is 76.3 Å². The molecule has 0 radical (unpaired) electrons. The molecule has 0 bridgehead atoms. The van der Waals surface area contributed by atoms with Gasteiger partial charge in [0.1, 0.15) is 6.54 Å². The van der Waals surface area contributed by atoms with Gasteiger partial charge in [0.15, 0.2) is 5.69 Å². The van der Waals surface area contributed by atoms with Gasteiger partial charge in [-0.2, -0.15) is 9.40 Å². The van der Waals surface area contributed by atoms with Crippen molar-refractivity contribution in [2.45, 2.75) is 13.5 Å². The van der Waals surface area contributed by atoms with Crippen LogP contribution in [0.2, 0.25) is 0 Å². The molecule has 1 N–H and O–H groups in total. The number of piperazine rings is 1. The van der Waals surface area contributed by atoms with Gasteiger partial charge in [0.2, 0.25) is 15.9 Å². The van der Waals surface area contributed by atoms with Gasteiger partial charge in [-0.25, -0.2) is 13.2 Å². The lowest BCUT2D eigenvalue weighted by Gasteiger charge is -2.33. The molecule has 9 nitrogen and oxygen atoms in total. The first-order chi connectivity index (χ1) is 10.3. The van der Waals surface area contributed by atoms with E-state index in [2.05, 4.69) is 5.10 Å². The number of hydrogen-bond acceptors (Lipinski definition) is 5. The van der Waals surface area contributed by atoms with E-state index in [0.29, 0.717) is 13.1 Å². The topological polar surface area (TPSA) is 113 Å². The number of aromatic carboxylic acids is 1. The number of carboxylic acids is 1. The third-order valence-electron chi connectivity index (χ3n) is 3.51. The molecule has 0 atom stereocenters. The molecule has 2 heterocycles. The number of rotatable bonds is 5. The Morgan fingerprint density at radius 1 is 1.27 bits per heavy atom. The van der Waals surface area contributed by atoms with Gasteiger partial charge in [0, 0.05) is 32.4 Å². The van der Waals surface area contributed by atoms with Crippen LogP contribution < -0.4 is 0 Å². The van der Waals surface area contributed by atoms with E-state index in [0.717, 1.165) is 0 Å². The van der Waals surface area contributed by atoms with Crippen LogP contribution in [0.5, 0.6) is 0 Å². The Morgan fingerprint density at radius 3 is 2.41 bits per heavy atom. The third-order valence-corrected chi connectivity index (χ3v) is 5.39. The molecule has 1 aliphatic rings. The summed E-state index contributed by atoms with van der Waals surface area (Å²) in [6.45, 7) is 2.73. The highest BCUT2D eigenvalue weighted by atomic mass is 32.2. The number of sulfonamides is 1. The summed E-state index contributed by atoms with van der Waals surface area (Å²) in [4.78, 5) is 24.4. The Balaban J connectivity index is 1.91. The van der Waals surface area contributed by atoms with Crippen molar-refractivity contribution in [2.24, 2.45) is 0 Å². The van der Waals surface area contributed by atoms with Gasteiger partial charge < -0.3 is 10.0 Å². The minimum atomic E-state index is -3.22. The lowest BCUT2D eigenvalue weighted by Crippen LogP contribution is -2.51. The Labute approximate surface area is 128 Å². The fourth-order valence-electron chi connectivity index (χ4n) is 2.20. The molecule has 122 valence electrons. The highest BCUT2D eigenvalue weighted by Crippen LogP contribution is 2.09. The van der Waals surface area contributed by atoms with Crippen molar-refractivity contribution in [2.75, 3.05) is 31.9 Å². The SMILES string of the molecule is CCS(=O)(=O)N1CCN(C(=O)Cn2ccc(C(=O)O)n2)CC1. The predicted octanol–water partition coefficient (Wildman–Crippen LogP) is -0.925. The molecule has 1 saturated heterocycles. The fraction of sp³-hybridized carbons (Fsp3) is 0.583. The van der Waals surface area contributed by atoms with Crippen LogP contribution in [0.15, 0.2) is 12.3 Å². The monoisotopic (exact) mass is 330 g/mol. The van der Waals surface area contributed by atoms with Crippen molar-refractivity contribution in [3.63, 3.8) is 0 Å². The maximum Gasteiger partial charge on any atom is 0.356 e. The van der Waals surface area contributed by atoms with Crippen LogP contribution in [-0.2, 0) is 21.4 Å². The summed E-state index contributed by atoms with van der Waals surface area (Å²) < 4.78 is 26.1. The highest BCUT2D eigenvalue weighted by Gasteiger charge is 2.27. The quantitative estimate of drug-likeness (QED) is 0.747. The number of nitrogens with zero attached hydrogens (tertiary/aromatic N) is 4. The molecule has 22 heavy (non-hydrogen) atoms. The number of carbonyl (C=O) groups excluding carboxylic acids is 1. The first kappa shape index (κ1) is 16.4. The zero-order valence-electron chi connectivity index (χ0n) is 12.2.